The summed E-state index contributed by atoms with van der Waals surface area (Å²) in [6.45, 7) is 0.195. The van der Waals surface area contributed by atoms with E-state index in [0.29, 0.717) is 0 Å². The van der Waals surface area contributed by atoms with Gasteiger partial charge in [0, 0.05) is 29.6 Å². The van der Waals surface area contributed by atoms with Gasteiger partial charge in [0.2, 0.25) is 0 Å². The first-order valence-corrected chi connectivity index (χ1v) is 6.62. The minimum atomic E-state index is 0.195. The van der Waals surface area contributed by atoms with E-state index >= 15 is 0 Å². The lowest BCUT2D eigenvalue weighted by Crippen LogP contribution is -2.04. The summed E-state index contributed by atoms with van der Waals surface area (Å²) in [5, 5.41) is 1.24. The molecule has 19 heavy (non-hydrogen) atoms. The summed E-state index contributed by atoms with van der Waals surface area (Å²) in [6, 6.07) is 18.8. The molecule has 2 radical (unpaired) electrons. The Labute approximate surface area is 113 Å². The summed E-state index contributed by atoms with van der Waals surface area (Å²) in [4.78, 5) is 3.25. The van der Waals surface area contributed by atoms with Crippen LogP contribution in [0.15, 0.2) is 60.8 Å². The average Bonchev–Trinajstić information content (AvgIpc) is 2.94. The Balaban J connectivity index is 2.12. The maximum absolute atomic E-state index is 9.37. The quantitative estimate of drug-likeness (QED) is 0.730. The van der Waals surface area contributed by atoms with Crippen molar-refractivity contribution in [3.63, 3.8) is 0 Å². The minimum Gasteiger partial charge on any atom is -0.361 e. The van der Waals surface area contributed by atoms with Crippen LogP contribution < -0.4 is 5.73 Å². The molecule has 1 unspecified atom stereocenters. The summed E-state index contributed by atoms with van der Waals surface area (Å²) in [5.41, 5.74) is 13.1. The number of nitrogens with zero attached hydrogens (tertiary/aromatic N) is 1. The highest BCUT2D eigenvalue weighted by Gasteiger charge is 2.16. The van der Waals surface area contributed by atoms with Gasteiger partial charge < -0.3 is 4.98 Å². The molecule has 0 amide bonds. The highest BCUT2D eigenvalue weighted by atomic mass is 14.7. The monoisotopic (exact) mass is 248 g/mol. The van der Waals surface area contributed by atoms with Crippen molar-refractivity contribution in [3.8, 4) is 0 Å². The SMILES string of the molecule is [N]CCC(c1ccccc1)c1cccc2[nH]ccc12. The molecular weight excluding hydrogens is 232 g/mol. The van der Waals surface area contributed by atoms with E-state index < -0.39 is 0 Å². The lowest BCUT2D eigenvalue weighted by atomic mass is 9.87. The van der Waals surface area contributed by atoms with E-state index in [-0.39, 0.29) is 12.5 Å². The van der Waals surface area contributed by atoms with Gasteiger partial charge in [0.25, 0.3) is 0 Å². The summed E-state index contributed by atoms with van der Waals surface area (Å²) in [5.74, 6) is 0.241. The summed E-state index contributed by atoms with van der Waals surface area (Å²) in [7, 11) is 0. The van der Waals surface area contributed by atoms with Gasteiger partial charge in [0.05, 0.1) is 0 Å². The third-order valence-corrected chi connectivity index (χ3v) is 3.62. The number of nitrogens with one attached hydrogen (secondary N) is 1. The molecule has 0 aliphatic rings. The molecule has 0 fully saturated rings. The van der Waals surface area contributed by atoms with Crippen LogP contribution >= 0.6 is 0 Å². The summed E-state index contributed by atoms with van der Waals surface area (Å²) < 4.78 is 0. The standard InChI is InChI=1S/C17H16N2/c18-11-9-14(13-5-2-1-3-6-13)15-7-4-8-17-16(15)10-12-19-17/h1-8,10,12,14,19H,9,11H2. The normalized spacial score (nSPS) is 12.7. The topological polar surface area (TPSA) is 38.1 Å². The number of H-pyrrole nitrogens is 1. The molecule has 0 aliphatic heterocycles. The highest BCUT2D eigenvalue weighted by Crippen LogP contribution is 2.32. The largest absolute Gasteiger partial charge is 0.361 e. The van der Waals surface area contributed by atoms with Crippen LogP contribution in [-0.4, -0.2) is 11.5 Å². The van der Waals surface area contributed by atoms with Gasteiger partial charge in [-0.05, 0) is 29.7 Å². The maximum atomic E-state index is 9.37. The molecule has 1 N–H and O–H groups in total. The molecule has 0 aliphatic carbocycles. The fraction of sp³-hybridized carbons (Fsp3) is 0.176. The lowest BCUT2D eigenvalue weighted by Gasteiger charge is -2.18. The number of aromatic amines is 1. The van der Waals surface area contributed by atoms with Crippen molar-refractivity contribution < 1.29 is 0 Å². The van der Waals surface area contributed by atoms with Crippen molar-refractivity contribution in [3.05, 3.63) is 71.9 Å². The van der Waals surface area contributed by atoms with Crippen LogP contribution in [0.2, 0.25) is 0 Å². The molecule has 1 aromatic heterocycles. The molecule has 1 atom stereocenters. The van der Waals surface area contributed by atoms with Crippen LogP contribution in [0, 0.1) is 0 Å². The number of fused-ring (bicyclic) bond motifs is 1. The smallest absolute Gasteiger partial charge is 0.0456 e. The fourth-order valence-electron chi connectivity index (χ4n) is 2.73. The molecule has 94 valence electrons. The number of hydrogen-bond donors (Lipinski definition) is 1. The van der Waals surface area contributed by atoms with Gasteiger partial charge >= 0.3 is 0 Å². The van der Waals surface area contributed by atoms with Crippen LogP contribution in [0.1, 0.15) is 23.5 Å². The maximum Gasteiger partial charge on any atom is 0.0456 e. The van der Waals surface area contributed by atoms with E-state index in [2.05, 4.69) is 53.5 Å². The third-order valence-electron chi connectivity index (χ3n) is 3.62. The Bertz CT molecular complexity index is 655. The Morgan fingerprint density at radius 1 is 0.947 bits per heavy atom. The number of rotatable bonds is 4. The van der Waals surface area contributed by atoms with Crippen molar-refractivity contribution in [1.82, 2.24) is 10.7 Å². The highest BCUT2D eigenvalue weighted by molar-refractivity contribution is 5.83. The van der Waals surface area contributed by atoms with Crippen molar-refractivity contribution >= 4 is 10.9 Å². The average molecular weight is 248 g/mol. The van der Waals surface area contributed by atoms with Crippen molar-refractivity contribution in [2.45, 2.75) is 12.3 Å². The zero-order valence-electron chi connectivity index (χ0n) is 10.7. The van der Waals surface area contributed by atoms with Gasteiger partial charge in [-0.2, -0.15) is 0 Å². The fourth-order valence-corrected chi connectivity index (χ4v) is 2.73. The van der Waals surface area contributed by atoms with Gasteiger partial charge in [-0.3, -0.25) is 0 Å². The van der Waals surface area contributed by atoms with Crippen LogP contribution in [0.25, 0.3) is 10.9 Å². The molecule has 2 nitrogen and oxygen atoms in total. The predicted molar refractivity (Wildman–Crippen MR) is 78.2 cm³/mol. The van der Waals surface area contributed by atoms with Gasteiger partial charge in [0.1, 0.15) is 0 Å². The molecule has 1 heterocycles. The Hall–Kier alpha value is -2.06. The van der Waals surface area contributed by atoms with Crippen molar-refractivity contribution in [2.24, 2.45) is 0 Å². The number of hydrogen-bond acceptors (Lipinski definition) is 0. The first-order valence-electron chi connectivity index (χ1n) is 6.62. The Morgan fingerprint density at radius 2 is 1.79 bits per heavy atom. The number of aromatic nitrogens is 1. The van der Waals surface area contributed by atoms with Crippen LogP contribution in [-0.2, 0) is 0 Å². The lowest BCUT2D eigenvalue weighted by molar-refractivity contribution is 0.721. The zero-order chi connectivity index (χ0) is 13.1. The summed E-state index contributed by atoms with van der Waals surface area (Å²) >= 11 is 0. The Kier molecular flexibility index (Phi) is 3.34. The third kappa shape index (κ3) is 2.27. The van der Waals surface area contributed by atoms with Crippen molar-refractivity contribution in [2.75, 3.05) is 6.54 Å². The molecule has 0 bridgehead atoms. The predicted octanol–water partition coefficient (Wildman–Crippen LogP) is 3.76. The van der Waals surface area contributed by atoms with E-state index in [1.165, 1.54) is 16.5 Å². The van der Waals surface area contributed by atoms with Gasteiger partial charge in [-0.25, -0.2) is 0 Å². The molecule has 0 saturated heterocycles. The van der Waals surface area contributed by atoms with E-state index in [1.807, 2.05) is 12.3 Å². The second kappa shape index (κ2) is 5.29. The van der Waals surface area contributed by atoms with E-state index in [9.17, 15) is 5.73 Å². The van der Waals surface area contributed by atoms with Crippen LogP contribution in [0.3, 0.4) is 0 Å². The van der Waals surface area contributed by atoms with Gasteiger partial charge in [-0.15, -0.1) is 5.73 Å². The van der Waals surface area contributed by atoms with Crippen LogP contribution in [0.5, 0.6) is 0 Å². The van der Waals surface area contributed by atoms with E-state index in [0.717, 1.165) is 11.9 Å². The molecule has 0 saturated carbocycles. The molecular formula is C17H16N2. The Morgan fingerprint density at radius 3 is 2.58 bits per heavy atom. The van der Waals surface area contributed by atoms with Gasteiger partial charge in [-0.1, -0.05) is 42.5 Å². The zero-order valence-corrected chi connectivity index (χ0v) is 10.7. The first-order chi connectivity index (χ1) is 9.40. The molecule has 3 rings (SSSR count). The second-order valence-electron chi connectivity index (χ2n) is 4.76. The molecule has 3 aromatic rings. The van der Waals surface area contributed by atoms with Crippen molar-refractivity contribution in [1.29, 1.82) is 0 Å². The minimum absolute atomic E-state index is 0.195. The van der Waals surface area contributed by atoms with Gasteiger partial charge in [0.15, 0.2) is 0 Å². The van der Waals surface area contributed by atoms with E-state index in [4.69, 9.17) is 0 Å². The van der Waals surface area contributed by atoms with Crippen LogP contribution in [0.4, 0.5) is 0 Å². The molecule has 2 heteroatoms. The number of benzene rings is 2. The van der Waals surface area contributed by atoms with E-state index in [1.54, 1.807) is 0 Å². The second-order valence-corrected chi connectivity index (χ2v) is 4.76. The molecule has 2 aromatic carbocycles. The first kappa shape index (κ1) is 12.0. The summed E-state index contributed by atoms with van der Waals surface area (Å²) in [6.07, 6.45) is 2.71. The molecule has 0 spiro atoms.